The molecule has 0 saturated carbocycles. The molecule has 28 heavy (non-hydrogen) atoms. The van der Waals surface area contributed by atoms with E-state index in [0.717, 1.165) is 21.7 Å². The van der Waals surface area contributed by atoms with Crippen LogP contribution in [0, 0.1) is 13.8 Å². The van der Waals surface area contributed by atoms with Gasteiger partial charge in [0.25, 0.3) is 0 Å². The highest BCUT2D eigenvalue weighted by Gasteiger charge is 2.20. The van der Waals surface area contributed by atoms with Crippen molar-refractivity contribution < 1.29 is 18.8 Å². The highest BCUT2D eigenvalue weighted by atomic mass is 32.1. The van der Waals surface area contributed by atoms with Gasteiger partial charge in [0.1, 0.15) is 5.76 Å². The fourth-order valence-electron chi connectivity index (χ4n) is 3.04. The number of hydrogen-bond acceptors (Lipinski definition) is 6. The normalized spacial score (nSPS) is 10.7. The third-order valence-electron chi connectivity index (χ3n) is 4.61. The third-order valence-corrected chi connectivity index (χ3v) is 5.47. The molecule has 0 saturated heterocycles. The fourth-order valence-corrected chi connectivity index (χ4v) is 3.76. The Labute approximate surface area is 168 Å². The van der Waals surface area contributed by atoms with Gasteiger partial charge >= 0.3 is 0 Å². The Morgan fingerprint density at radius 1 is 1.14 bits per heavy atom. The molecule has 6 nitrogen and oxygen atoms in total. The lowest BCUT2D eigenvalue weighted by Gasteiger charge is -2.23. The van der Waals surface area contributed by atoms with Gasteiger partial charge in [-0.25, -0.2) is 0 Å². The standard InChI is InChI=1S/C21H24N2O4S/c1-14-18(15(2)27-22-14)11-21(24)23(13-17-6-5-9-28-17)12-16-7-8-19(25-3)20(10-16)26-4/h5-10H,11-13H2,1-4H3. The summed E-state index contributed by atoms with van der Waals surface area (Å²) in [6.45, 7) is 4.71. The van der Waals surface area contributed by atoms with Crippen LogP contribution in [0.1, 0.15) is 27.5 Å². The fraction of sp³-hybridized carbons (Fsp3) is 0.333. The molecule has 2 aromatic heterocycles. The predicted octanol–water partition coefficient (Wildman–Crippen LogP) is 4.14. The summed E-state index contributed by atoms with van der Waals surface area (Å²) in [4.78, 5) is 16.1. The summed E-state index contributed by atoms with van der Waals surface area (Å²) in [7, 11) is 3.21. The van der Waals surface area contributed by atoms with Crippen molar-refractivity contribution in [3.63, 3.8) is 0 Å². The van der Waals surface area contributed by atoms with Gasteiger partial charge in [0.15, 0.2) is 11.5 Å². The Morgan fingerprint density at radius 3 is 2.54 bits per heavy atom. The third kappa shape index (κ3) is 4.54. The molecule has 0 fully saturated rings. The maximum absolute atomic E-state index is 13.1. The van der Waals surface area contributed by atoms with E-state index in [9.17, 15) is 4.79 Å². The highest BCUT2D eigenvalue weighted by Crippen LogP contribution is 2.28. The number of ether oxygens (including phenoxy) is 2. The van der Waals surface area contributed by atoms with Gasteiger partial charge in [-0.1, -0.05) is 17.3 Å². The number of aryl methyl sites for hydroxylation is 2. The van der Waals surface area contributed by atoms with Crippen molar-refractivity contribution in [2.75, 3.05) is 14.2 Å². The van der Waals surface area contributed by atoms with Gasteiger partial charge in [-0.3, -0.25) is 4.79 Å². The highest BCUT2D eigenvalue weighted by molar-refractivity contribution is 7.09. The van der Waals surface area contributed by atoms with Crippen LogP contribution in [-0.4, -0.2) is 30.2 Å². The summed E-state index contributed by atoms with van der Waals surface area (Å²) in [6, 6.07) is 9.74. The minimum atomic E-state index is 0.0255. The van der Waals surface area contributed by atoms with Gasteiger partial charge in [-0.15, -0.1) is 11.3 Å². The van der Waals surface area contributed by atoms with Crippen LogP contribution in [0.4, 0.5) is 0 Å². The van der Waals surface area contributed by atoms with E-state index in [1.807, 2.05) is 54.5 Å². The summed E-state index contributed by atoms with van der Waals surface area (Å²) in [5.74, 6) is 2.03. The van der Waals surface area contributed by atoms with Crippen LogP contribution in [0.25, 0.3) is 0 Å². The molecule has 0 N–H and O–H groups in total. The number of carbonyl (C=O) groups excluding carboxylic acids is 1. The molecule has 3 rings (SSSR count). The molecule has 7 heteroatoms. The number of carbonyl (C=O) groups is 1. The average Bonchev–Trinajstić information content (AvgIpc) is 3.32. The summed E-state index contributed by atoms with van der Waals surface area (Å²) in [6.07, 6.45) is 0.264. The lowest BCUT2D eigenvalue weighted by Crippen LogP contribution is -2.31. The number of amides is 1. The van der Waals surface area contributed by atoms with Crippen LogP contribution in [0.5, 0.6) is 11.5 Å². The molecule has 0 radical (unpaired) electrons. The number of hydrogen-bond donors (Lipinski definition) is 0. The molecule has 0 atom stereocenters. The van der Waals surface area contributed by atoms with Crippen LogP contribution in [0.3, 0.4) is 0 Å². The number of methoxy groups -OCH3 is 2. The summed E-state index contributed by atoms with van der Waals surface area (Å²) in [5, 5.41) is 5.97. The zero-order chi connectivity index (χ0) is 20.1. The molecular weight excluding hydrogens is 376 g/mol. The predicted molar refractivity (Wildman–Crippen MR) is 108 cm³/mol. The topological polar surface area (TPSA) is 64.8 Å². The van der Waals surface area contributed by atoms with Crippen LogP contribution < -0.4 is 9.47 Å². The van der Waals surface area contributed by atoms with E-state index in [1.54, 1.807) is 25.6 Å². The minimum absolute atomic E-state index is 0.0255. The van der Waals surface area contributed by atoms with E-state index in [4.69, 9.17) is 14.0 Å². The van der Waals surface area contributed by atoms with Gasteiger partial charge in [0, 0.05) is 17.0 Å². The molecule has 2 heterocycles. The second kappa shape index (κ2) is 8.93. The van der Waals surface area contributed by atoms with Gasteiger partial charge < -0.3 is 18.9 Å². The first-order chi connectivity index (χ1) is 13.5. The number of nitrogens with zero attached hydrogens (tertiary/aromatic N) is 2. The lowest BCUT2D eigenvalue weighted by molar-refractivity contribution is -0.131. The zero-order valence-corrected chi connectivity index (χ0v) is 17.3. The molecule has 0 aliphatic heterocycles. The maximum Gasteiger partial charge on any atom is 0.227 e. The van der Waals surface area contributed by atoms with Gasteiger partial charge in [0.2, 0.25) is 5.91 Å². The SMILES string of the molecule is COc1ccc(CN(Cc2cccs2)C(=O)Cc2c(C)noc2C)cc1OC. The monoisotopic (exact) mass is 400 g/mol. The first-order valence-corrected chi connectivity index (χ1v) is 9.82. The zero-order valence-electron chi connectivity index (χ0n) is 16.5. The molecule has 0 unspecified atom stereocenters. The van der Waals surface area contributed by atoms with E-state index < -0.39 is 0 Å². The smallest absolute Gasteiger partial charge is 0.227 e. The van der Waals surface area contributed by atoms with E-state index in [2.05, 4.69) is 5.16 Å². The number of aromatic nitrogens is 1. The first kappa shape index (κ1) is 19.9. The molecule has 0 bridgehead atoms. The van der Waals surface area contributed by atoms with Crippen molar-refractivity contribution in [2.45, 2.75) is 33.4 Å². The van der Waals surface area contributed by atoms with E-state index in [1.165, 1.54) is 0 Å². The van der Waals surface area contributed by atoms with E-state index >= 15 is 0 Å². The van der Waals surface area contributed by atoms with Crippen molar-refractivity contribution in [1.82, 2.24) is 10.1 Å². The van der Waals surface area contributed by atoms with Crippen LogP contribution in [-0.2, 0) is 24.3 Å². The second-order valence-corrected chi connectivity index (χ2v) is 7.53. The maximum atomic E-state index is 13.1. The Bertz CT molecular complexity index is 915. The Balaban J connectivity index is 1.83. The Kier molecular flexibility index (Phi) is 6.36. The molecule has 1 amide bonds. The Hall–Kier alpha value is -2.80. The summed E-state index contributed by atoms with van der Waals surface area (Å²) in [5.41, 5.74) is 2.59. The molecule has 0 aliphatic rings. The molecule has 1 aromatic carbocycles. The largest absolute Gasteiger partial charge is 0.493 e. The quantitative estimate of drug-likeness (QED) is 0.569. The van der Waals surface area contributed by atoms with Crippen molar-refractivity contribution >= 4 is 17.2 Å². The molecule has 0 spiro atoms. The number of rotatable bonds is 8. The lowest BCUT2D eigenvalue weighted by atomic mass is 10.1. The molecule has 148 valence electrons. The van der Waals surface area contributed by atoms with Gasteiger partial charge in [0.05, 0.1) is 32.9 Å². The van der Waals surface area contributed by atoms with Gasteiger partial charge in [-0.05, 0) is 43.0 Å². The average molecular weight is 401 g/mol. The molecular formula is C21H24N2O4S. The van der Waals surface area contributed by atoms with E-state index in [0.29, 0.717) is 30.3 Å². The second-order valence-electron chi connectivity index (χ2n) is 6.50. The van der Waals surface area contributed by atoms with Crippen LogP contribution in [0.15, 0.2) is 40.2 Å². The first-order valence-electron chi connectivity index (χ1n) is 8.94. The van der Waals surface area contributed by atoms with E-state index in [-0.39, 0.29) is 12.3 Å². The minimum Gasteiger partial charge on any atom is -0.493 e. The van der Waals surface area contributed by atoms with Crippen molar-refractivity contribution in [3.8, 4) is 11.5 Å². The Morgan fingerprint density at radius 2 is 1.93 bits per heavy atom. The van der Waals surface area contributed by atoms with Crippen molar-refractivity contribution in [2.24, 2.45) is 0 Å². The number of thiophene rings is 1. The summed E-state index contributed by atoms with van der Waals surface area (Å²) >= 11 is 1.64. The van der Waals surface area contributed by atoms with Crippen LogP contribution >= 0.6 is 11.3 Å². The van der Waals surface area contributed by atoms with Crippen LogP contribution in [0.2, 0.25) is 0 Å². The van der Waals surface area contributed by atoms with Crippen molar-refractivity contribution in [1.29, 1.82) is 0 Å². The molecule has 0 aliphatic carbocycles. The summed E-state index contributed by atoms with van der Waals surface area (Å²) < 4.78 is 15.9. The number of benzene rings is 1. The van der Waals surface area contributed by atoms with Gasteiger partial charge in [-0.2, -0.15) is 0 Å². The van der Waals surface area contributed by atoms with Crippen molar-refractivity contribution in [3.05, 3.63) is 63.2 Å². The molecule has 3 aromatic rings.